The normalized spacial score (nSPS) is 10.5. The summed E-state index contributed by atoms with van der Waals surface area (Å²) in [6.45, 7) is 0. The maximum Gasteiger partial charge on any atom is 0.280 e. The molecule has 3 aromatic rings. The first-order valence-corrected chi connectivity index (χ1v) is 6.32. The summed E-state index contributed by atoms with van der Waals surface area (Å²) in [4.78, 5) is 23.1. The molecule has 3 rings (SSSR count). The van der Waals surface area contributed by atoms with E-state index in [1.807, 2.05) is 30.3 Å². The fourth-order valence-corrected chi connectivity index (χ4v) is 2.07. The molecule has 1 amide bonds. The van der Waals surface area contributed by atoms with E-state index in [1.165, 1.54) is 0 Å². The van der Waals surface area contributed by atoms with Crippen molar-refractivity contribution in [2.45, 2.75) is 0 Å². The first-order chi connectivity index (χ1) is 10.1. The van der Waals surface area contributed by atoms with Gasteiger partial charge >= 0.3 is 0 Å². The number of guanidine groups is 1. The third-order valence-corrected chi connectivity index (χ3v) is 3.00. The fraction of sp³-hybridized carbons (Fsp3) is 0. The van der Waals surface area contributed by atoms with E-state index < -0.39 is 5.91 Å². The largest absolute Gasteiger partial charge is 0.370 e. The van der Waals surface area contributed by atoms with E-state index >= 15 is 0 Å². The number of carbonyl (C=O) groups excluding carboxylic acids is 1. The van der Waals surface area contributed by atoms with Crippen LogP contribution >= 0.6 is 0 Å². The zero-order chi connectivity index (χ0) is 14.8. The Morgan fingerprint density at radius 1 is 1.10 bits per heavy atom. The Morgan fingerprint density at radius 2 is 1.90 bits per heavy atom. The molecule has 6 heteroatoms. The van der Waals surface area contributed by atoms with Crippen LogP contribution in [0.1, 0.15) is 10.4 Å². The molecular weight excluding hydrogens is 266 g/mol. The third kappa shape index (κ3) is 2.59. The number of nitrogens with two attached hydrogens (primary N) is 2. The van der Waals surface area contributed by atoms with Crippen LogP contribution in [0.4, 0.5) is 0 Å². The minimum absolute atomic E-state index is 0.255. The van der Waals surface area contributed by atoms with Gasteiger partial charge in [-0.15, -0.1) is 0 Å². The molecular formula is C15H13N5O. The lowest BCUT2D eigenvalue weighted by molar-refractivity contribution is 0.100. The van der Waals surface area contributed by atoms with Gasteiger partial charge < -0.3 is 16.5 Å². The molecule has 0 saturated carbocycles. The second-order valence-corrected chi connectivity index (χ2v) is 4.53. The summed E-state index contributed by atoms with van der Waals surface area (Å²) in [5.41, 5.74) is 13.4. The molecule has 0 unspecified atom stereocenters. The molecule has 6 nitrogen and oxygen atoms in total. The van der Waals surface area contributed by atoms with Crippen LogP contribution in [0.3, 0.4) is 0 Å². The Hall–Kier alpha value is -3.15. The topological polar surface area (TPSA) is 110 Å². The van der Waals surface area contributed by atoms with Crippen molar-refractivity contribution in [2.75, 3.05) is 0 Å². The van der Waals surface area contributed by atoms with Gasteiger partial charge in [-0.05, 0) is 24.3 Å². The van der Waals surface area contributed by atoms with Gasteiger partial charge in [0.15, 0.2) is 5.96 Å². The van der Waals surface area contributed by atoms with Crippen LogP contribution in [-0.2, 0) is 0 Å². The lowest BCUT2D eigenvalue weighted by Crippen LogP contribution is -2.24. The molecule has 0 radical (unpaired) electrons. The van der Waals surface area contributed by atoms with Crippen LogP contribution < -0.4 is 11.5 Å². The molecule has 0 aliphatic carbocycles. The molecule has 0 fully saturated rings. The number of fused-ring (bicyclic) bond motifs is 1. The van der Waals surface area contributed by atoms with Gasteiger partial charge in [-0.2, -0.15) is 4.99 Å². The highest BCUT2D eigenvalue weighted by atomic mass is 16.1. The number of nitrogens with one attached hydrogen (secondary N) is 1. The third-order valence-electron chi connectivity index (χ3n) is 3.00. The average Bonchev–Trinajstić information content (AvgIpc) is 2.90. The first kappa shape index (κ1) is 12.9. The van der Waals surface area contributed by atoms with Crippen molar-refractivity contribution >= 4 is 22.9 Å². The second-order valence-electron chi connectivity index (χ2n) is 4.53. The molecule has 0 spiro atoms. The summed E-state index contributed by atoms with van der Waals surface area (Å²) >= 11 is 0. The summed E-state index contributed by atoms with van der Waals surface area (Å²) in [7, 11) is 0. The van der Waals surface area contributed by atoms with Gasteiger partial charge in [0, 0.05) is 11.1 Å². The molecule has 1 heterocycles. The standard InChI is InChI=1S/C15H13N5O/c16-15(17)20-14(21)10-5-3-4-9(8-10)13-18-11-6-1-2-7-12(11)19-13/h1-8H,(H,18,19)(H4,16,17,20,21). The minimum atomic E-state index is -0.479. The monoisotopic (exact) mass is 279 g/mol. The molecule has 104 valence electrons. The number of hydrogen-bond donors (Lipinski definition) is 3. The van der Waals surface area contributed by atoms with Gasteiger partial charge in [0.25, 0.3) is 5.91 Å². The lowest BCUT2D eigenvalue weighted by atomic mass is 10.1. The van der Waals surface area contributed by atoms with Gasteiger partial charge in [-0.1, -0.05) is 24.3 Å². The number of benzene rings is 2. The zero-order valence-electron chi connectivity index (χ0n) is 11.1. The quantitative estimate of drug-likeness (QED) is 0.489. The highest BCUT2D eigenvalue weighted by molar-refractivity contribution is 6.02. The van der Waals surface area contributed by atoms with Crippen molar-refractivity contribution in [3.63, 3.8) is 0 Å². The molecule has 2 aromatic carbocycles. The molecule has 0 saturated heterocycles. The number of carbonyl (C=O) groups is 1. The highest BCUT2D eigenvalue weighted by Crippen LogP contribution is 2.21. The van der Waals surface area contributed by atoms with Crippen LogP contribution in [0.5, 0.6) is 0 Å². The van der Waals surface area contributed by atoms with E-state index in [0.717, 1.165) is 16.6 Å². The number of para-hydroxylation sites is 2. The van der Waals surface area contributed by atoms with Crippen LogP contribution in [0.2, 0.25) is 0 Å². The van der Waals surface area contributed by atoms with E-state index in [2.05, 4.69) is 15.0 Å². The number of aliphatic imine (C=N–C) groups is 1. The number of imidazole rings is 1. The van der Waals surface area contributed by atoms with Crippen molar-refractivity contribution in [1.82, 2.24) is 9.97 Å². The zero-order valence-corrected chi connectivity index (χ0v) is 11.1. The molecule has 5 N–H and O–H groups in total. The molecule has 0 atom stereocenters. The van der Waals surface area contributed by atoms with Gasteiger partial charge in [-0.3, -0.25) is 4.79 Å². The van der Waals surface area contributed by atoms with E-state index in [1.54, 1.807) is 18.2 Å². The van der Waals surface area contributed by atoms with E-state index in [4.69, 9.17) is 11.5 Å². The molecule has 0 aliphatic heterocycles. The summed E-state index contributed by atoms with van der Waals surface area (Å²) < 4.78 is 0. The number of hydrogen-bond acceptors (Lipinski definition) is 2. The second kappa shape index (κ2) is 5.09. The van der Waals surface area contributed by atoms with Gasteiger partial charge in [0.1, 0.15) is 5.82 Å². The van der Waals surface area contributed by atoms with Gasteiger partial charge in [-0.25, -0.2) is 4.98 Å². The molecule has 1 aromatic heterocycles. The fourth-order valence-electron chi connectivity index (χ4n) is 2.07. The predicted octanol–water partition coefficient (Wildman–Crippen LogP) is 1.64. The number of rotatable bonds is 2. The Labute approximate surface area is 120 Å². The van der Waals surface area contributed by atoms with E-state index in [0.29, 0.717) is 11.4 Å². The molecule has 0 aliphatic rings. The van der Waals surface area contributed by atoms with Gasteiger partial charge in [0.05, 0.1) is 11.0 Å². The minimum Gasteiger partial charge on any atom is -0.370 e. The van der Waals surface area contributed by atoms with Crippen LogP contribution in [0.25, 0.3) is 22.4 Å². The predicted molar refractivity (Wildman–Crippen MR) is 81.7 cm³/mol. The van der Waals surface area contributed by atoms with Crippen molar-refractivity contribution < 1.29 is 4.79 Å². The number of H-pyrrole nitrogens is 1. The summed E-state index contributed by atoms with van der Waals surface area (Å²) in [6, 6.07) is 14.7. The van der Waals surface area contributed by atoms with E-state index in [-0.39, 0.29) is 5.96 Å². The van der Waals surface area contributed by atoms with Crippen LogP contribution in [0, 0.1) is 0 Å². The Balaban J connectivity index is 2.03. The van der Waals surface area contributed by atoms with E-state index in [9.17, 15) is 4.79 Å². The smallest absolute Gasteiger partial charge is 0.280 e. The maximum atomic E-state index is 11.8. The number of aromatic nitrogens is 2. The SMILES string of the molecule is NC(N)=NC(=O)c1cccc(-c2nc3ccccc3[nH]2)c1. The van der Waals surface area contributed by atoms with Crippen molar-refractivity contribution in [3.8, 4) is 11.4 Å². The lowest BCUT2D eigenvalue weighted by Gasteiger charge is -2.00. The van der Waals surface area contributed by atoms with Crippen LogP contribution in [-0.4, -0.2) is 21.8 Å². The average molecular weight is 279 g/mol. The Morgan fingerprint density at radius 3 is 2.67 bits per heavy atom. The maximum absolute atomic E-state index is 11.8. The van der Waals surface area contributed by atoms with Crippen molar-refractivity contribution in [2.24, 2.45) is 16.5 Å². The Bertz CT molecular complexity index is 813. The summed E-state index contributed by atoms with van der Waals surface area (Å²) in [6.07, 6.45) is 0. The number of nitrogens with zero attached hydrogens (tertiary/aromatic N) is 2. The summed E-state index contributed by atoms with van der Waals surface area (Å²) in [5, 5.41) is 0. The molecule has 0 bridgehead atoms. The van der Waals surface area contributed by atoms with Crippen molar-refractivity contribution in [3.05, 3.63) is 54.1 Å². The van der Waals surface area contributed by atoms with Crippen molar-refractivity contribution in [1.29, 1.82) is 0 Å². The number of aromatic amines is 1. The number of amides is 1. The highest BCUT2D eigenvalue weighted by Gasteiger charge is 2.09. The summed E-state index contributed by atoms with van der Waals surface area (Å²) in [5.74, 6) is -0.0438. The van der Waals surface area contributed by atoms with Crippen LogP contribution in [0.15, 0.2) is 53.5 Å². The van der Waals surface area contributed by atoms with Gasteiger partial charge in [0.2, 0.25) is 0 Å². The molecule has 21 heavy (non-hydrogen) atoms. The first-order valence-electron chi connectivity index (χ1n) is 6.32. The Kier molecular flexibility index (Phi) is 3.12.